The van der Waals surface area contributed by atoms with E-state index < -0.39 is 66.2 Å². The van der Waals surface area contributed by atoms with Gasteiger partial charge < -0.3 is 31.7 Å². The molecule has 0 aromatic heterocycles. The summed E-state index contributed by atoms with van der Waals surface area (Å²) < 4.78 is 0. The molecule has 7 N–H and O–H groups in total. The quantitative estimate of drug-likeness (QED) is 0.144. The smallest absolute Gasteiger partial charge is 0.323 e. The first kappa shape index (κ1) is 35.8. The van der Waals surface area contributed by atoms with Crippen LogP contribution in [0.5, 0.6) is 0 Å². The lowest BCUT2D eigenvalue weighted by molar-refractivity contribution is -0.143. The van der Waals surface area contributed by atoms with E-state index in [1.807, 2.05) is 24.3 Å². The second kappa shape index (κ2) is 16.6. The number of urea groups is 1. The number of carboxylic acid groups (broad SMARTS) is 1. The second-order valence-corrected chi connectivity index (χ2v) is 12.9. The van der Waals surface area contributed by atoms with E-state index in [1.165, 1.54) is 4.90 Å². The molecule has 1 saturated heterocycles. The normalized spacial score (nSPS) is 20.6. The van der Waals surface area contributed by atoms with Crippen molar-refractivity contribution in [1.29, 1.82) is 0 Å². The Hall–Kier alpha value is -3.71. The molecule has 13 nitrogen and oxygen atoms in total. The number of nitrogens with one attached hydrogen (secondary N) is 4. The van der Waals surface area contributed by atoms with Gasteiger partial charge in [0.1, 0.15) is 18.6 Å². The number of nitrogens with zero attached hydrogens (tertiary/aromatic N) is 1. The first-order chi connectivity index (χ1) is 21.3. The van der Waals surface area contributed by atoms with Gasteiger partial charge in [-0.15, -0.1) is 0 Å². The molecule has 4 atom stereocenters. The number of primary amides is 1. The monoisotopic (exact) mass is 648 g/mol. The Labute approximate surface area is 268 Å². The Morgan fingerprint density at radius 1 is 1.00 bits per heavy atom. The highest BCUT2D eigenvalue weighted by Gasteiger charge is 2.47. The number of carbonyl (C=O) groups excluding carboxylic acids is 5. The molecule has 4 rings (SSSR count). The summed E-state index contributed by atoms with van der Waals surface area (Å²) >= 11 is 5.96. The average Bonchev–Trinajstić information content (AvgIpc) is 3.59. The molecule has 0 bridgehead atoms. The van der Waals surface area contributed by atoms with Crippen molar-refractivity contribution in [3.63, 3.8) is 0 Å². The summed E-state index contributed by atoms with van der Waals surface area (Å²) in [5.41, 5.74) is 7.31. The van der Waals surface area contributed by atoms with E-state index >= 15 is 0 Å². The maximum Gasteiger partial charge on any atom is 0.323 e. The Balaban J connectivity index is 0.00000130. The minimum Gasteiger partial charge on any atom is -0.480 e. The van der Waals surface area contributed by atoms with Crippen LogP contribution >= 0.6 is 11.8 Å². The largest absolute Gasteiger partial charge is 0.480 e. The number of carbonyl (C=O) groups is 6. The average molecular weight is 649 g/mol. The summed E-state index contributed by atoms with van der Waals surface area (Å²) in [6.45, 7) is 5.99. The molecule has 45 heavy (non-hydrogen) atoms. The van der Waals surface area contributed by atoms with E-state index in [9.17, 15) is 28.8 Å². The van der Waals surface area contributed by atoms with Crippen molar-refractivity contribution in [2.24, 2.45) is 23.5 Å². The summed E-state index contributed by atoms with van der Waals surface area (Å²) in [7, 11) is 0. The van der Waals surface area contributed by atoms with Gasteiger partial charge in [-0.2, -0.15) is 0 Å². The van der Waals surface area contributed by atoms with E-state index in [1.54, 1.807) is 0 Å². The standard InChI is InChI=1S/C27H35ClN6O7.C4H10/c28-33-18-8-9-34(22(18)25(39)31-19(23(37)24(29)38)10-14-4-3-5-14)26(40)21(32-27(41)30-13-20(35)36)17-11-15-6-1-2-7-16(15)12-17;1-4(2)3/h1-2,6-7,14,17-19,21-22,33H,3-5,8-13H2,(H2,29,38)(H,31,39)(H,35,36)(H2,30,32,41);4H,1-3H3/t18?,19?,21?,22-;/m0./s1. The van der Waals surface area contributed by atoms with Crippen molar-refractivity contribution in [2.75, 3.05) is 13.1 Å². The molecular weight excluding hydrogens is 604 g/mol. The molecule has 0 spiro atoms. The number of Topliss-reactive ketones (excluding diaryl/α,β-unsaturated/α-hetero) is 1. The van der Waals surface area contributed by atoms with E-state index in [0.29, 0.717) is 19.3 Å². The summed E-state index contributed by atoms with van der Waals surface area (Å²) in [6, 6.07) is 2.80. The van der Waals surface area contributed by atoms with Gasteiger partial charge in [0, 0.05) is 6.54 Å². The number of amides is 5. The first-order valence-electron chi connectivity index (χ1n) is 15.5. The zero-order chi connectivity index (χ0) is 33.3. The van der Waals surface area contributed by atoms with Gasteiger partial charge in [-0.25, -0.2) is 9.63 Å². The van der Waals surface area contributed by atoms with Gasteiger partial charge in [-0.05, 0) is 66.3 Å². The minimum atomic E-state index is -1.24. The number of halogens is 1. The van der Waals surface area contributed by atoms with Crippen molar-refractivity contribution in [3.8, 4) is 0 Å². The van der Waals surface area contributed by atoms with Crippen LogP contribution in [0.25, 0.3) is 0 Å². The molecule has 3 unspecified atom stereocenters. The summed E-state index contributed by atoms with van der Waals surface area (Å²) in [5.74, 6) is -3.87. The number of fused-ring (bicyclic) bond motifs is 1. The molecule has 2 fully saturated rings. The minimum absolute atomic E-state index is 0.132. The Morgan fingerprint density at radius 2 is 1.60 bits per heavy atom. The number of benzene rings is 1. The SMILES string of the molecule is CC(C)C.NC(=O)C(=O)C(CC1CCC1)NC(=O)[C@@H]1C(NCl)CCN1C(=O)C(NC(=O)NCC(=O)O)C1Cc2ccccc2C1. The van der Waals surface area contributed by atoms with Crippen LogP contribution in [0.3, 0.4) is 0 Å². The third kappa shape index (κ3) is 9.89. The molecule has 0 radical (unpaired) electrons. The number of rotatable bonds is 12. The predicted molar refractivity (Wildman–Crippen MR) is 167 cm³/mol. The van der Waals surface area contributed by atoms with Gasteiger partial charge in [0.25, 0.3) is 5.91 Å². The zero-order valence-corrected chi connectivity index (χ0v) is 26.8. The molecule has 1 saturated carbocycles. The fourth-order valence-corrected chi connectivity index (χ4v) is 6.17. The molecule has 1 heterocycles. The highest BCUT2D eigenvalue weighted by Crippen LogP contribution is 2.32. The predicted octanol–water partition coefficient (Wildman–Crippen LogP) is 1.26. The molecule has 1 aromatic carbocycles. The van der Waals surface area contributed by atoms with Crippen molar-refractivity contribution < 1.29 is 33.9 Å². The summed E-state index contributed by atoms with van der Waals surface area (Å²) in [4.78, 5) is 79.3. The topological polar surface area (TPSA) is 200 Å². The molecule has 2 aliphatic carbocycles. The lowest BCUT2D eigenvalue weighted by Crippen LogP contribution is -2.61. The lowest BCUT2D eigenvalue weighted by Gasteiger charge is -2.34. The van der Waals surface area contributed by atoms with Crippen LogP contribution in [-0.4, -0.2) is 82.8 Å². The fraction of sp³-hybridized carbons (Fsp3) is 0.613. The molecular formula is C31H45ClN6O7. The van der Waals surface area contributed by atoms with Crippen molar-refractivity contribution in [1.82, 2.24) is 25.7 Å². The van der Waals surface area contributed by atoms with E-state index in [-0.39, 0.29) is 24.8 Å². The van der Waals surface area contributed by atoms with E-state index in [0.717, 1.165) is 36.3 Å². The van der Waals surface area contributed by atoms with Gasteiger partial charge in [0.15, 0.2) is 0 Å². The maximum absolute atomic E-state index is 14.1. The highest BCUT2D eigenvalue weighted by atomic mass is 35.5. The van der Waals surface area contributed by atoms with Gasteiger partial charge in [0.2, 0.25) is 17.6 Å². The maximum atomic E-state index is 14.1. The van der Waals surface area contributed by atoms with Crippen LogP contribution in [-0.2, 0) is 36.8 Å². The van der Waals surface area contributed by atoms with E-state index in [2.05, 4.69) is 41.6 Å². The van der Waals surface area contributed by atoms with Gasteiger partial charge in [-0.1, -0.05) is 64.3 Å². The van der Waals surface area contributed by atoms with Crippen LogP contribution in [0.4, 0.5) is 4.79 Å². The molecule has 1 aromatic rings. The van der Waals surface area contributed by atoms with Crippen molar-refractivity contribution in [3.05, 3.63) is 35.4 Å². The number of nitrogens with two attached hydrogens (primary N) is 1. The van der Waals surface area contributed by atoms with Gasteiger partial charge >= 0.3 is 12.0 Å². The van der Waals surface area contributed by atoms with Gasteiger partial charge in [-0.3, -0.25) is 24.0 Å². The van der Waals surface area contributed by atoms with Crippen molar-refractivity contribution >= 4 is 47.3 Å². The van der Waals surface area contributed by atoms with Crippen LogP contribution in [0.15, 0.2) is 24.3 Å². The zero-order valence-electron chi connectivity index (χ0n) is 26.0. The van der Waals surface area contributed by atoms with Crippen LogP contribution < -0.4 is 26.5 Å². The Kier molecular flexibility index (Phi) is 13.2. The number of hydrogen-bond donors (Lipinski definition) is 6. The van der Waals surface area contributed by atoms with Crippen LogP contribution in [0.1, 0.15) is 64.0 Å². The second-order valence-electron chi connectivity index (χ2n) is 12.7. The third-order valence-corrected chi connectivity index (χ3v) is 8.55. The van der Waals surface area contributed by atoms with E-state index in [4.69, 9.17) is 22.6 Å². The number of hydrogen-bond acceptors (Lipinski definition) is 7. The van der Waals surface area contributed by atoms with Crippen LogP contribution in [0, 0.1) is 17.8 Å². The first-order valence-corrected chi connectivity index (χ1v) is 15.8. The Morgan fingerprint density at radius 3 is 2.09 bits per heavy atom. The summed E-state index contributed by atoms with van der Waals surface area (Å²) in [5, 5.41) is 16.4. The fourth-order valence-electron chi connectivity index (χ4n) is 5.94. The third-order valence-electron chi connectivity index (χ3n) is 8.27. The Bertz CT molecular complexity index is 1230. The molecule has 248 valence electrons. The van der Waals surface area contributed by atoms with Gasteiger partial charge in [0.05, 0.1) is 12.1 Å². The number of carboxylic acids is 1. The van der Waals surface area contributed by atoms with Crippen molar-refractivity contribution in [2.45, 2.75) is 89.9 Å². The highest BCUT2D eigenvalue weighted by molar-refractivity contribution is 6.37. The number of likely N-dealkylation sites (tertiary alicyclic amines) is 1. The molecule has 1 aliphatic heterocycles. The summed E-state index contributed by atoms with van der Waals surface area (Å²) in [6.07, 6.45) is 4.31. The number of aliphatic carboxylic acids is 1. The molecule has 5 amide bonds. The molecule has 14 heteroatoms. The van der Waals surface area contributed by atoms with Crippen LogP contribution in [0.2, 0.25) is 0 Å². The number of ketones is 1. The lowest BCUT2D eigenvalue weighted by atomic mass is 9.80. The molecule has 3 aliphatic rings.